The lowest BCUT2D eigenvalue weighted by molar-refractivity contribution is 0.864. The van der Waals surface area contributed by atoms with Gasteiger partial charge in [-0.25, -0.2) is 0 Å². The molecule has 0 amide bonds. The maximum atomic E-state index is 2.39. The lowest BCUT2D eigenvalue weighted by atomic mass is 9.83. The third-order valence-electron chi connectivity index (χ3n) is 6.43. The van der Waals surface area contributed by atoms with Gasteiger partial charge in [0.25, 0.3) is 0 Å². The molecule has 0 saturated heterocycles. The zero-order valence-electron chi connectivity index (χ0n) is 21.1. The van der Waals surface area contributed by atoms with Gasteiger partial charge in [-0.15, -0.1) is 0 Å². The summed E-state index contributed by atoms with van der Waals surface area (Å²) in [5.41, 5.74) is 10.4. The number of nitrogens with zero attached hydrogens (tertiary/aromatic N) is 3. The predicted octanol–water partition coefficient (Wildman–Crippen LogP) is 6.46. The van der Waals surface area contributed by atoms with E-state index in [1.54, 1.807) is 0 Å². The Labute approximate surface area is 195 Å². The van der Waals surface area contributed by atoms with Gasteiger partial charge < -0.3 is 14.7 Å². The number of anilines is 3. The first-order chi connectivity index (χ1) is 15.3. The first-order valence-electron chi connectivity index (χ1n) is 11.7. The van der Waals surface area contributed by atoms with Crippen molar-refractivity contribution in [3.63, 3.8) is 0 Å². The SMILES string of the molecule is CCN(CC)c1ccc(C(c2ccc(N(C)C)c(C)c2)c2ccc(N(C)C)c(C)c2)cc1. The molecule has 0 heterocycles. The molecule has 0 unspecified atom stereocenters. The second-order valence-corrected chi connectivity index (χ2v) is 9.08. The fraction of sp³-hybridized carbons (Fsp3) is 0.379. The number of benzene rings is 3. The molecule has 170 valence electrons. The summed E-state index contributed by atoms with van der Waals surface area (Å²) in [4.78, 5) is 6.76. The smallest absolute Gasteiger partial charge is 0.0390 e. The Balaban J connectivity index is 2.12. The molecule has 0 aliphatic heterocycles. The van der Waals surface area contributed by atoms with Crippen LogP contribution in [-0.4, -0.2) is 41.3 Å². The Bertz CT molecular complexity index is 973. The molecular weight excluding hydrogens is 390 g/mol. The van der Waals surface area contributed by atoms with Crippen molar-refractivity contribution in [2.24, 2.45) is 0 Å². The van der Waals surface area contributed by atoms with Crippen molar-refractivity contribution in [3.8, 4) is 0 Å². The third-order valence-corrected chi connectivity index (χ3v) is 6.43. The van der Waals surface area contributed by atoms with Gasteiger partial charge >= 0.3 is 0 Å². The number of hydrogen-bond donors (Lipinski definition) is 0. The van der Waals surface area contributed by atoms with Crippen molar-refractivity contribution in [1.29, 1.82) is 0 Å². The standard InChI is InChI=1S/C29H39N3/c1-9-32(10-2)26-15-11-23(12-16-26)29(24-13-17-27(30(5)6)21(3)19-24)25-14-18-28(31(7)8)22(4)20-25/h11-20,29H,9-10H2,1-8H3. The van der Waals surface area contributed by atoms with E-state index in [-0.39, 0.29) is 5.92 Å². The Morgan fingerprint density at radius 1 is 0.594 bits per heavy atom. The van der Waals surface area contributed by atoms with Crippen molar-refractivity contribution in [3.05, 3.63) is 88.5 Å². The molecule has 0 saturated carbocycles. The first kappa shape index (κ1) is 23.7. The van der Waals surface area contributed by atoms with Crippen LogP contribution in [0.3, 0.4) is 0 Å². The molecule has 0 fully saturated rings. The minimum absolute atomic E-state index is 0.200. The maximum Gasteiger partial charge on any atom is 0.0390 e. The van der Waals surface area contributed by atoms with Crippen LogP contribution >= 0.6 is 0 Å². The zero-order valence-corrected chi connectivity index (χ0v) is 21.1. The Morgan fingerprint density at radius 3 is 1.34 bits per heavy atom. The largest absolute Gasteiger partial charge is 0.377 e. The number of rotatable bonds is 8. The molecule has 0 spiro atoms. The lowest BCUT2D eigenvalue weighted by Crippen LogP contribution is -2.21. The van der Waals surface area contributed by atoms with Gasteiger partial charge in [-0.2, -0.15) is 0 Å². The summed E-state index contributed by atoms with van der Waals surface area (Å²) < 4.78 is 0. The highest BCUT2D eigenvalue weighted by atomic mass is 15.1. The lowest BCUT2D eigenvalue weighted by Gasteiger charge is -2.25. The molecule has 3 aromatic carbocycles. The van der Waals surface area contributed by atoms with E-state index >= 15 is 0 Å². The highest BCUT2D eigenvalue weighted by Gasteiger charge is 2.19. The van der Waals surface area contributed by atoms with Crippen LogP contribution in [-0.2, 0) is 0 Å². The summed E-state index contributed by atoms with van der Waals surface area (Å²) in [6.45, 7) is 10.9. The molecule has 3 rings (SSSR count). The molecule has 0 aliphatic rings. The van der Waals surface area contributed by atoms with Gasteiger partial charge in [0.05, 0.1) is 0 Å². The van der Waals surface area contributed by atoms with Gasteiger partial charge in [0.15, 0.2) is 0 Å². The Hall–Kier alpha value is -2.94. The van der Waals surface area contributed by atoms with E-state index in [9.17, 15) is 0 Å². The van der Waals surface area contributed by atoms with Crippen molar-refractivity contribution in [1.82, 2.24) is 0 Å². The monoisotopic (exact) mass is 429 g/mol. The van der Waals surface area contributed by atoms with Gasteiger partial charge in [0.2, 0.25) is 0 Å². The first-order valence-corrected chi connectivity index (χ1v) is 11.7. The Morgan fingerprint density at radius 2 is 1.00 bits per heavy atom. The van der Waals surface area contributed by atoms with Crippen LogP contribution in [0.5, 0.6) is 0 Å². The molecule has 0 aromatic heterocycles. The average Bonchev–Trinajstić information content (AvgIpc) is 2.75. The topological polar surface area (TPSA) is 9.72 Å². The van der Waals surface area contributed by atoms with E-state index < -0.39 is 0 Å². The van der Waals surface area contributed by atoms with E-state index in [2.05, 4.69) is 131 Å². The maximum absolute atomic E-state index is 2.39. The summed E-state index contributed by atoms with van der Waals surface area (Å²) in [7, 11) is 8.42. The van der Waals surface area contributed by atoms with Crippen LogP contribution in [0.25, 0.3) is 0 Å². The summed E-state index contributed by atoms with van der Waals surface area (Å²) in [5, 5.41) is 0. The molecule has 0 aliphatic carbocycles. The summed E-state index contributed by atoms with van der Waals surface area (Å²) in [5.74, 6) is 0.200. The second kappa shape index (κ2) is 10.1. The number of aryl methyl sites for hydroxylation is 2. The molecule has 0 bridgehead atoms. The van der Waals surface area contributed by atoms with Crippen molar-refractivity contribution >= 4 is 17.1 Å². The van der Waals surface area contributed by atoms with Gasteiger partial charge in [-0.1, -0.05) is 36.4 Å². The zero-order chi connectivity index (χ0) is 23.4. The summed E-state index contributed by atoms with van der Waals surface area (Å²) in [6, 6.07) is 23.0. The molecule has 0 radical (unpaired) electrons. The predicted molar refractivity (Wildman–Crippen MR) is 142 cm³/mol. The van der Waals surface area contributed by atoms with Crippen LogP contribution < -0.4 is 14.7 Å². The van der Waals surface area contributed by atoms with Gasteiger partial charge in [0.1, 0.15) is 0 Å². The van der Waals surface area contributed by atoms with Gasteiger partial charge in [-0.05, 0) is 79.8 Å². The highest BCUT2D eigenvalue weighted by molar-refractivity contribution is 5.59. The molecule has 3 aromatic rings. The third kappa shape index (κ3) is 4.93. The van der Waals surface area contributed by atoms with Crippen LogP contribution in [0.2, 0.25) is 0 Å². The quantitative estimate of drug-likeness (QED) is 0.380. The fourth-order valence-corrected chi connectivity index (χ4v) is 4.76. The normalized spacial score (nSPS) is 11.0. The van der Waals surface area contributed by atoms with Crippen molar-refractivity contribution < 1.29 is 0 Å². The minimum atomic E-state index is 0.200. The van der Waals surface area contributed by atoms with Crippen molar-refractivity contribution in [2.75, 3.05) is 56.0 Å². The Kier molecular flexibility index (Phi) is 7.50. The summed E-state index contributed by atoms with van der Waals surface area (Å²) >= 11 is 0. The molecule has 3 nitrogen and oxygen atoms in total. The van der Waals surface area contributed by atoms with E-state index in [4.69, 9.17) is 0 Å². The average molecular weight is 430 g/mol. The van der Waals surface area contributed by atoms with Gasteiger partial charge in [-0.3, -0.25) is 0 Å². The molecular formula is C29H39N3. The minimum Gasteiger partial charge on any atom is -0.377 e. The molecule has 3 heteroatoms. The van der Waals surface area contributed by atoms with Crippen molar-refractivity contribution in [2.45, 2.75) is 33.6 Å². The molecule has 32 heavy (non-hydrogen) atoms. The fourth-order valence-electron chi connectivity index (χ4n) is 4.76. The molecule has 0 N–H and O–H groups in total. The molecule has 0 atom stereocenters. The van der Waals surface area contributed by atoms with Gasteiger partial charge in [0, 0.05) is 64.3 Å². The van der Waals surface area contributed by atoms with Crippen LogP contribution in [0.15, 0.2) is 60.7 Å². The van der Waals surface area contributed by atoms with E-state index in [1.165, 1.54) is 44.9 Å². The van der Waals surface area contributed by atoms with E-state index in [0.29, 0.717) is 0 Å². The van der Waals surface area contributed by atoms with Crippen LogP contribution in [0.1, 0.15) is 47.6 Å². The summed E-state index contributed by atoms with van der Waals surface area (Å²) in [6.07, 6.45) is 0. The highest BCUT2D eigenvalue weighted by Crippen LogP contribution is 2.36. The number of hydrogen-bond acceptors (Lipinski definition) is 3. The van der Waals surface area contributed by atoms with Crippen LogP contribution in [0.4, 0.5) is 17.1 Å². The van der Waals surface area contributed by atoms with E-state index in [1.807, 2.05) is 0 Å². The van der Waals surface area contributed by atoms with Crippen LogP contribution in [0, 0.1) is 13.8 Å². The van der Waals surface area contributed by atoms with E-state index in [0.717, 1.165) is 13.1 Å². The second-order valence-electron chi connectivity index (χ2n) is 9.08.